The Morgan fingerprint density at radius 2 is 1.71 bits per heavy atom. The Labute approximate surface area is 131 Å². The number of hydrogen-bond acceptors (Lipinski definition) is 3. The number of nitrogens with zero attached hydrogens (tertiary/aromatic N) is 2. The minimum Gasteiger partial charge on any atom is -0.480 e. The Balaban J connectivity index is 2.12. The van der Waals surface area contributed by atoms with Crippen LogP contribution in [0.2, 0.25) is 0 Å². The molecule has 6 nitrogen and oxygen atoms in total. The summed E-state index contributed by atoms with van der Waals surface area (Å²) in [6.45, 7) is -1.98. The number of carboxylic acids is 1. The topological polar surface area (TPSA) is 77.9 Å². The first-order chi connectivity index (χ1) is 10.8. The molecule has 2 fully saturated rings. The van der Waals surface area contributed by atoms with E-state index in [-0.39, 0.29) is 24.3 Å². The quantitative estimate of drug-likeness (QED) is 0.761. The average Bonchev–Trinajstić information content (AvgIpc) is 2.92. The van der Waals surface area contributed by atoms with E-state index in [0.717, 1.165) is 0 Å². The lowest BCUT2D eigenvalue weighted by molar-refractivity contribution is -0.188. The number of aliphatic carboxylic acids is 1. The molecule has 2 rings (SSSR count). The minimum absolute atomic E-state index is 0.0270. The summed E-state index contributed by atoms with van der Waals surface area (Å²) in [5.41, 5.74) is -1.11. The molecule has 0 aromatic carbocycles. The summed E-state index contributed by atoms with van der Waals surface area (Å²) in [5, 5.41) is 8.68. The third kappa shape index (κ3) is 3.41. The molecule has 24 heavy (non-hydrogen) atoms. The van der Waals surface area contributed by atoms with Crippen molar-refractivity contribution >= 4 is 17.8 Å². The predicted octanol–water partition coefficient (Wildman–Crippen LogP) is 1.02. The van der Waals surface area contributed by atoms with E-state index in [2.05, 4.69) is 0 Å². The molecule has 1 saturated carbocycles. The summed E-state index contributed by atoms with van der Waals surface area (Å²) in [5.74, 6) is -6.12. The SMILES string of the molecule is O=C(O)CN(C(=O)C(F)(F)F)C1CC12CCN(C(=O)C(F)(F)F)C2. The zero-order valence-corrected chi connectivity index (χ0v) is 11.9. The molecule has 0 aromatic rings. The molecular formula is C12H12F6N2O4. The third-order valence-electron chi connectivity index (χ3n) is 4.25. The minimum atomic E-state index is -5.29. The van der Waals surface area contributed by atoms with Crippen LogP contribution in [0.3, 0.4) is 0 Å². The molecule has 0 radical (unpaired) electrons. The number of amides is 2. The van der Waals surface area contributed by atoms with Gasteiger partial charge in [-0.15, -0.1) is 0 Å². The number of rotatable bonds is 3. The maximum Gasteiger partial charge on any atom is 0.471 e. The molecule has 2 aliphatic rings. The van der Waals surface area contributed by atoms with Crippen molar-refractivity contribution in [1.29, 1.82) is 0 Å². The second-order valence-corrected chi connectivity index (χ2v) is 5.88. The summed E-state index contributed by atoms with van der Waals surface area (Å²) in [7, 11) is 0. The van der Waals surface area contributed by atoms with E-state index in [0.29, 0.717) is 4.90 Å². The van der Waals surface area contributed by atoms with Gasteiger partial charge in [0, 0.05) is 24.5 Å². The molecule has 0 aromatic heterocycles. The van der Waals surface area contributed by atoms with Crippen molar-refractivity contribution in [2.45, 2.75) is 31.2 Å². The normalized spacial score (nSPS) is 26.6. The van der Waals surface area contributed by atoms with Crippen molar-refractivity contribution in [1.82, 2.24) is 9.80 Å². The number of carbonyl (C=O) groups is 3. The Bertz CT molecular complexity index is 575. The van der Waals surface area contributed by atoms with Gasteiger partial charge in [-0.3, -0.25) is 14.4 Å². The molecule has 1 heterocycles. The van der Waals surface area contributed by atoms with Gasteiger partial charge >= 0.3 is 30.1 Å². The smallest absolute Gasteiger partial charge is 0.471 e. The van der Waals surface area contributed by atoms with Crippen molar-refractivity contribution in [3.8, 4) is 0 Å². The second kappa shape index (κ2) is 5.52. The van der Waals surface area contributed by atoms with Gasteiger partial charge in [0.2, 0.25) is 0 Å². The summed E-state index contributed by atoms with van der Waals surface area (Å²) in [6.07, 6.45) is -10.5. The number of alkyl halides is 6. The molecule has 1 aliphatic heterocycles. The second-order valence-electron chi connectivity index (χ2n) is 5.88. The molecule has 2 atom stereocenters. The number of hydrogen-bond donors (Lipinski definition) is 1. The van der Waals surface area contributed by atoms with Crippen LogP contribution in [0.4, 0.5) is 26.3 Å². The number of halogens is 6. The van der Waals surface area contributed by atoms with Crippen LogP contribution in [0.5, 0.6) is 0 Å². The highest BCUT2D eigenvalue weighted by molar-refractivity contribution is 5.86. The van der Waals surface area contributed by atoms with Crippen LogP contribution in [0.25, 0.3) is 0 Å². The largest absolute Gasteiger partial charge is 0.480 e. The van der Waals surface area contributed by atoms with Crippen LogP contribution in [0.1, 0.15) is 12.8 Å². The summed E-state index contributed by atoms with van der Waals surface area (Å²) in [6, 6.07) is -1.16. The maximum absolute atomic E-state index is 12.6. The fourth-order valence-corrected chi connectivity index (χ4v) is 3.09. The number of carbonyl (C=O) groups excluding carboxylic acids is 2. The van der Waals surface area contributed by atoms with Crippen molar-refractivity contribution in [2.75, 3.05) is 19.6 Å². The standard InChI is InChI=1S/C12H12F6N2O4/c13-11(14,15)8(23)19-2-1-10(5-19)3-6(10)20(4-7(21)22)9(24)12(16,17)18/h6H,1-5H2,(H,21,22). The summed E-state index contributed by atoms with van der Waals surface area (Å²) in [4.78, 5) is 33.8. The van der Waals surface area contributed by atoms with E-state index in [9.17, 15) is 40.7 Å². The van der Waals surface area contributed by atoms with Gasteiger partial charge in [-0.25, -0.2) is 0 Å². The van der Waals surface area contributed by atoms with Crippen LogP contribution in [-0.4, -0.2) is 70.7 Å². The fraction of sp³-hybridized carbons (Fsp3) is 0.750. The van der Waals surface area contributed by atoms with Gasteiger partial charge in [0.1, 0.15) is 6.54 Å². The highest BCUT2D eigenvalue weighted by atomic mass is 19.4. The van der Waals surface area contributed by atoms with Gasteiger partial charge in [0.05, 0.1) is 0 Å². The van der Waals surface area contributed by atoms with Crippen LogP contribution >= 0.6 is 0 Å². The summed E-state index contributed by atoms with van der Waals surface area (Å²) >= 11 is 0. The first-order valence-corrected chi connectivity index (χ1v) is 6.74. The Hall–Kier alpha value is -2.01. The van der Waals surface area contributed by atoms with Crippen LogP contribution in [-0.2, 0) is 14.4 Å². The van der Waals surface area contributed by atoms with Crippen molar-refractivity contribution in [3.05, 3.63) is 0 Å². The third-order valence-corrected chi connectivity index (χ3v) is 4.25. The van der Waals surface area contributed by atoms with E-state index >= 15 is 0 Å². The van der Waals surface area contributed by atoms with Crippen molar-refractivity contribution in [3.63, 3.8) is 0 Å². The van der Waals surface area contributed by atoms with E-state index in [1.807, 2.05) is 0 Å². The Kier molecular flexibility index (Phi) is 4.21. The Morgan fingerprint density at radius 1 is 1.12 bits per heavy atom. The van der Waals surface area contributed by atoms with E-state index in [1.165, 1.54) is 0 Å². The first kappa shape index (κ1) is 18.3. The highest BCUT2D eigenvalue weighted by Gasteiger charge is 2.64. The van der Waals surface area contributed by atoms with Gasteiger partial charge in [0.15, 0.2) is 0 Å². The van der Waals surface area contributed by atoms with Crippen LogP contribution < -0.4 is 0 Å². The van der Waals surface area contributed by atoms with Gasteiger partial charge in [-0.05, 0) is 12.8 Å². The van der Waals surface area contributed by atoms with Crippen molar-refractivity contribution in [2.24, 2.45) is 5.41 Å². The molecule has 12 heteroatoms. The lowest BCUT2D eigenvalue weighted by atomic mass is 10.1. The van der Waals surface area contributed by atoms with Gasteiger partial charge < -0.3 is 14.9 Å². The zero-order valence-electron chi connectivity index (χ0n) is 11.9. The highest BCUT2D eigenvalue weighted by Crippen LogP contribution is 2.56. The molecule has 1 spiro atoms. The monoisotopic (exact) mass is 362 g/mol. The molecule has 2 unspecified atom stereocenters. The number of likely N-dealkylation sites (tertiary alicyclic amines) is 1. The summed E-state index contributed by atoms with van der Waals surface area (Å²) < 4.78 is 74.9. The van der Waals surface area contributed by atoms with Gasteiger partial charge in [-0.1, -0.05) is 0 Å². The Morgan fingerprint density at radius 3 is 2.17 bits per heavy atom. The molecule has 0 bridgehead atoms. The van der Waals surface area contributed by atoms with Crippen LogP contribution in [0, 0.1) is 5.41 Å². The van der Waals surface area contributed by atoms with E-state index in [4.69, 9.17) is 5.11 Å². The molecule has 1 aliphatic carbocycles. The molecular weight excluding hydrogens is 350 g/mol. The lowest BCUT2D eigenvalue weighted by Gasteiger charge is -2.25. The molecule has 2 amide bonds. The van der Waals surface area contributed by atoms with Crippen LogP contribution in [0.15, 0.2) is 0 Å². The predicted molar refractivity (Wildman–Crippen MR) is 63.5 cm³/mol. The average molecular weight is 362 g/mol. The van der Waals surface area contributed by atoms with E-state index < -0.39 is 54.7 Å². The van der Waals surface area contributed by atoms with Crippen molar-refractivity contribution < 1.29 is 45.8 Å². The molecule has 136 valence electrons. The van der Waals surface area contributed by atoms with Gasteiger partial charge in [0.25, 0.3) is 0 Å². The first-order valence-electron chi connectivity index (χ1n) is 6.74. The molecule has 1 N–H and O–H groups in total. The lowest BCUT2D eigenvalue weighted by Crippen LogP contribution is -2.47. The van der Waals surface area contributed by atoms with E-state index in [1.54, 1.807) is 0 Å². The molecule has 1 saturated heterocycles. The number of carboxylic acid groups (broad SMARTS) is 1. The maximum atomic E-state index is 12.6. The zero-order chi connectivity index (χ0) is 18.5. The van der Waals surface area contributed by atoms with Gasteiger partial charge in [-0.2, -0.15) is 26.3 Å². The fourth-order valence-electron chi connectivity index (χ4n) is 3.09.